The van der Waals surface area contributed by atoms with Gasteiger partial charge < -0.3 is 10.2 Å². The zero-order chi connectivity index (χ0) is 23.6. The highest BCUT2D eigenvalue weighted by atomic mass is 15.1. The van der Waals surface area contributed by atoms with Gasteiger partial charge in [0.1, 0.15) is 0 Å². The van der Waals surface area contributed by atoms with Crippen molar-refractivity contribution >= 4 is 5.69 Å². The Morgan fingerprint density at radius 3 is 2.24 bits per heavy atom. The van der Waals surface area contributed by atoms with Gasteiger partial charge in [-0.3, -0.25) is 4.98 Å². The van der Waals surface area contributed by atoms with E-state index in [1.807, 2.05) is 27.0 Å². The van der Waals surface area contributed by atoms with Crippen LogP contribution >= 0.6 is 0 Å². The van der Waals surface area contributed by atoms with Crippen molar-refractivity contribution in [3.8, 4) is 11.1 Å². The molecule has 0 spiro atoms. The van der Waals surface area contributed by atoms with E-state index in [4.69, 9.17) is 0 Å². The van der Waals surface area contributed by atoms with Crippen molar-refractivity contribution in [2.24, 2.45) is 0 Å². The van der Waals surface area contributed by atoms with Crippen LogP contribution in [0.5, 0.6) is 0 Å². The van der Waals surface area contributed by atoms with Crippen LogP contribution < -0.4 is 5.32 Å². The van der Waals surface area contributed by atoms with Crippen molar-refractivity contribution in [3.63, 3.8) is 0 Å². The van der Waals surface area contributed by atoms with Gasteiger partial charge in [-0.1, -0.05) is 56.8 Å². The summed E-state index contributed by atoms with van der Waals surface area (Å²) in [5, 5.41) is 3.57. The highest BCUT2D eigenvalue weighted by molar-refractivity contribution is 5.63. The molecule has 0 atom stereocenters. The van der Waals surface area contributed by atoms with Crippen LogP contribution in [0.3, 0.4) is 0 Å². The van der Waals surface area contributed by atoms with E-state index < -0.39 is 0 Å². The van der Waals surface area contributed by atoms with Gasteiger partial charge >= 0.3 is 0 Å². The second-order valence-corrected chi connectivity index (χ2v) is 8.68. The van der Waals surface area contributed by atoms with Gasteiger partial charge in [0.15, 0.2) is 0 Å². The molecule has 1 aromatic heterocycles. The first-order valence-corrected chi connectivity index (χ1v) is 12.3. The van der Waals surface area contributed by atoms with Gasteiger partial charge in [0.2, 0.25) is 0 Å². The fraction of sp³-hybridized carbons (Fsp3) is 0.367. The van der Waals surface area contributed by atoms with Crippen molar-refractivity contribution in [2.75, 3.05) is 25.0 Å². The Morgan fingerprint density at radius 1 is 0.970 bits per heavy atom. The maximum Gasteiger partial charge on any atom is 0.0378 e. The number of nitrogens with zero attached hydrogens (tertiary/aromatic N) is 2. The molecule has 3 aromatic rings. The third-order valence-electron chi connectivity index (χ3n) is 6.34. The lowest BCUT2D eigenvalue weighted by molar-refractivity contribution is 0.264. The molecule has 3 nitrogen and oxygen atoms in total. The summed E-state index contributed by atoms with van der Waals surface area (Å²) < 4.78 is 0. The Balaban J connectivity index is 0.00000149. The number of nitrogens with one attached hydrogen (secondary N) is 1. The predicted octanol–water partition coefficient (Wildman–Crippen LogP) is 7.45. The summed E-state index contributed by atoms with van der Waals surface area (Å²) in [6.45, 7) is 15.4. The topological polar surface area (TPSA) is 28.2 Å². The lowest BCUT2D eigenvalue weighted by atomic mass is 9.89. The number of aryl methyl sites for hydroxylation is 1. The summed E-state index contributed by atoms with van der Waals surface area (Å²) in [5.41, 5.74) is 8.73. The number of pyridine rings is 1. The number of allylic oxidation sites excluding steroid dienone is 1. The van der Waals surface area contributed by atoms with E-state index in [-0.39, 0.29) is 0 Å². The molecular formula is C30H39N3. The second-order valence-electron chi connectivity index (χ2n) is 8.68. The highest BCUT2D eigenvalue weighted by Crippen LogP contribution is 2.30. The zero-order valence-electron chi connectivity index (χ0n) is 20.8. The molecule has 1 N–H and O–H groups in total. The van der Waals surface area contributed by atoms with Crippen molar-refractivity contribution in [3.05, 3.63) is 96.0 Å². The number of piperidine rings is 1. The maximum absolute atomic E-state index is 4.28. The van der Waals surface area contributed by atoms with E-state index in [2.05, 4.69) is 89.4 Å². The predicted molar refractivity (Wildman–Crippen MR) is 143 cm³/mol. The Hall–Kier alpha value is -3.07. The van der Waals surface area contributed by atoms with Crippen molar-refractivity contribution < 1.29 is 0 Å². The zero-order valence-corrected chi connectivity index (χ0v) is 20.8. The summed E-state index contributed by atoms with van der Waals surface area (Å²) in [6, 6.07) is 22.1. The second kappa shape index (κ2) is 12.2. The molecule has 1 fully saturated rings. The average Bonchev–Trinajstić information content (AvgIpc) is 2.86. The number of hydrogen-bond acceptors (Lipinski definition) is 3. The molecule has 0 saturated carbocycles. The van der Waals surface area contributed by atoms with E-state index in [0.29, 0.717) is 5.92 Å². The van der Waals surface area contributed by atoms with Gasteiger partial charge in [-0.05, 0) is 85.5 Å². The Morgan fingerprint density at radius 2 is 1.64 bits per heavy atom. The van der Waals surface area contributed by atoms with Crippen LogP contribution in [-0.2, 0) is 6.42 Å². The lowest BCUT2D eigenvalue weighted by Gasteiger charge is -2.34. The molecule has 2 heterocycles. The molecule has 0 aliphatic carbocycles. The number of likely N-dealkylation sites (tertiary alicyclic amines) is 1. The first-order valence-electron chi connectivity index (χ1n) is 12.3. The van der Waals surface area contributed by atoms with E-state index >= 15 is 0 Å². The number of benzene rings is 2. The SMILES string of the molecule is C=C(C)N1CCC(c2ccc(NCCc3ccc(-c4ccnc(C)c4)cc3)cc2)CC1.CC. The maximum atomic E-state index is 4.28. The molecule has 0 bridgehead atoms. The summed E-state index contributed by atoms with van der Waals surface area (Å²) in [4.78, 5) is 6.68. The third-order valence-corrected chi connectivity index (χ3v) is 6.34. The van der Waals surface area contributed by atoms with Gasteiger partial charge in [-0.2, -0.15) is 0 Å². The van der Waals surface area contributed by atoms with E-state index in [1.165, 1.54) is 46.5 Å². The number of anilines is 1. The smallest absolute Gasteiger partial charge is 0.0378 e. The number of rotatable bonds is 7. The van der Waals surface area contributed by atoms with E-state index in [1.54, 1.807) is 0 Å². The van der Waals surface area contributed by atoms with Crippen LogP contribution in [-0.4, -0.2) is 29.5 Å². The lowest BCUT2D eigenvalue weighted by Crippen LogP contribution is -2.31. The molecule has 174 valence electrons. The van der Waals surface area contributed by atoms with Crippen LogP contribution in [0.2, 0.25) is 0 Å². The summed E-state index contributed by atoms with van der Waals surface area (Å²) in [7, 11) is 0. The normalized spacial score (nSPS) is 13.8. The molecule has 0 amide bonds. The fourth-order valence-electron chi connectivity index (χ4n) is 4.41. The molecule has 0 radical (unpaired) electrons. The Bertz CT molecular complexity index is 997. The fourth-order valence-corrected chi connectivity index (χ4v) is 4.41. The highest BCUT2D eigenvalue weighted by Gasteiger charge is 2.20. The van der Waals surface area contributed by atoms with Crippen molar-refractivity contribution in [2.45, 2.75) is 52.9 Å². The number of hydrogen-bond donors (Lipinski definition) is 1. The van der Waals surface area contributed by atoms with Crippen LogP contribution in [0.25, 0.3) is 11.1 Å². The van der Waals surface area contributed by atoms with E-state index in [9.17, 15) is 0 Å². The average molecular weight is 442 g/mol. The first kappa shape index (κ1) is 24.6. The van der Waals surface area contributed by atoms with Crippen LogP contribution in [0.1, 0.15) is 56.4 Å². The molecule has 33 heavy (non-hydrogen) atoms. The monoisotopic (exact) mass is 441 g/mol. The standard InChI is InChI=1S/C28H33N3.C2H6/c1-21(2)31-18-14-26(15-19-31)24-8-10-28(11-9-24)30-16-12-23-4-6-25(7-5-23)27-13-17-29-22(3)20-27;1-2/h4-11,13,17,20,26,30H,1,12,14-16,18-19H2,2-3H3;1-2H3. The van der Waals surface area contributed by atoms with Gasteiger partial charge in [0.25, 0.3) is 0 Å². The summed E-state index contributed by atoms with van der Waals surface area (Å²) in [5.74, 6) is 0.673. The molecule has 3 heteroatoms. The molecule has 2 aromatic carbocycles. The third kappa shape index (κ3) is 6.95. The van der Waals surface area contributed by atoms with Gasteiger partial charge in [-0.25, -0.2) is 0 Å². The van der Waals surface area contributed by atoms with Crippen molar-refractivity contribution in [1.82, 2.24) is 9.88 Å². The molecule has 1 saturated heterocycles. The minimum Gasteiger partial charge on any atom is -0.385 e. The van der Waals surface area contributed by atoms with Crippen LogP contribution in [0.4, 0.5) is 5.69 Å². The van der Waals surface area contributed by atoms with Gasteiger partial charge in [0, 0.05) is 42.9 Å². The molecular weight excluding hydrogens is 402 g/mol. The quantitative estimate of drug-likeness (QED) is 0.413. The Kier molecular flexibility index (Phi) is 9.12. The van der Waals surface area contributed by atoms with Gasteiger partial charge in [-0.15, -0.1) is 0 Å². The van der Waals surface area contributed by atoms with E-state index in [0.717, 1.165) is 31.7 Å². The van der Waals surface area contributed by atoms with Crippen LogP contribution in [0.15, 0.2) is 79.1 Å². The minimum atomic E-state index is 0.673. The molecule has 1 aliphatic heterocycles. The molecule has 4 rings (SSSR count). The van der Waals surface area contributed by atoms with Crippen molar-refractivity contribution in [1.29, 1.82) is 0 Å². The summed E-state index contributed by atoms with van der Waals surface area (Å²) in [6.07, 6.45) is 5.32. The first-order chi connectivity index (χ1) is 16.1. The summed E-state index contributed by atoms with van der Waals surface area (Å²) >= 11 is 0. The van der Waals surface area contributed by atoms with Crippen LogP contribution in [0, 0.1) is 6.92 Å². The Labute approximate surface area is 200 Å². The molecule has 1 aliphatic rings. The molecule has 0 unspecified atom stereocenters. The minimum absolute atomic E-state index is 0.673. The van der Waals surface area contributed by atoms with Gasteiger partial charge in [0.05, 0.1) is 0 Å². The number of aromatic nitrogens is 1. The largest absolute Gasteiger partial charge is 0.385 e.